The van der Waals surface area contributed by atoms with Crippen LogP contribution in [-0.4, -0.2) is 0 Å². The molecule has 4 aromatic rings. The largest absolute Gasteiger partial charge is 0.399 e. The molecule has 0 spiro atoms. The second kappa shape index (κ2) is 16.9. The van der Waals surface area contributed by atoms with Gasteiger partial charge in [0.05, 0.1) is 0 Å². The van der Waals surface area contributed by atoms with Crippen LogP contribution in [-0.2, 0) is 12.8 Å². The Balaban J connectivity index is 1.42. The van der Waals surface area contributed by atoms with E-state index in [2.05, 4.69) is 93.6 Å². The molecule has 0 aliphatic heterocycles. The predicted octanol–water partition coefficient (Wildman–Crippen LogP) is 11.1. The van der Waals surface area contributed by atoms with Gasteiger partial charge in [0.2, 0.25) is 0 Å². The smallest absolute Gasteiger partial charge is 0.0314 e. The van der Waals surface area contributed by atoms with E-state index in [-0.39, 0.29) is 0 Å². The highest BCUT2D eigenvalue weighted by atomic mass is 14.5. The summed E-state index contributed by atoms with van der Waals surface area (Å²) < 4.78 is 0. The summed E-state index contributed by atoms with van der Waals surface area (Å²) >= 11 is 0. The maximum absolute atomic E-state index is 5.99. The predicted molar refractivity (Wildman–Crippen MR) is 188 cm³/mol. The van der Waals surface area contributed by atoms with Crippen LogP contribution in [0.15, 0.2) is 97.1 Å². The van der Waals surface area contributed by atoms with E-state index in [1.165, 1.54) is 91.2 Å². The van der Waals surface area contributed by atoms with Crippen molar-refractivity contribution in [3.63, 3.8) is 0 Å². The molecule has 2 atom stereocenters. The monoisotopic (exact) mass is 574 g/mol. The topological polar surface area (TPSA) is 52.0 Å². The van der Waals surface area contributed by atoms with Crippen molar-refractivity contribution in [2.75, 3.05) is 11.5 Å². The highest BCUT2D eigenvalue weighted by Gasteiger charge is 2.17. The quantitative estimate of drug-likeness (QED) is 0.0973. The van der Waals surface area contributed by atoms with E-state index in [4.69, 9.17) is 11.5 Å². The van der Waals surface area contributed by atoms with E-state index in [1.807, 2.05) is 24.3 Å². The van der Waals surface area contributed by atoms with Crippen molar-refractivity contribution in [3.8, 4) is 0 Å². The molecule has 0 bridgehead atoms. The lowest BCUT2D eigenvalue weighted by atomic mass is 9.84. The van der Waals surface area contributed by atoms with Crippen LogP contribution < -0.4 is 11.5 Å². The second-order valence-corrected chi connectivity index (χ2v) is 12.6. The number of unbranched alkanes of at least 4 members (excludes halogenated alkanes) is 4. The Kier molecular flexibility index (Phi) is 12.8. The van der Waals surface area contributed by atoms with E-state index in [0.29, 0.717) is 17.8 Å². The van der Waals surface area contributed by atoms with Gasteiger partial charge in [-0.05, 0) is 89.2 Å². The zero-order valence-corrected chi connectivity index (χ0v) is 26.9. The van der Waals surface area contributed by atoms with E-state index < -0.39 is 0 Å². The van der Waals surface area contributed by atoms with E-state index in [1.54, 1.807) is 0 Å². The van der Waals surface area contributed by atoms with Crippen LogP contribution >= 0.6 is 0 Å². The third kappa shape index (κ3) is 9.75. The zero-order chi connectivity index (χ0) is 30.4. The molecule has 228 valence electrons. The molecule has 0 aliphatic carbocycles. The Morgan fingerprint density at radius 2 is 0.767 bits per heavy atom. The highest BCUT2D eigenvalue weighted by molar-refractivity contribution is 5.44. The molecular weight excluding hydrogens is 520 g/mol. The normalized spacial score (nSPS) is 13.5. The Hall–Kier alpha value is -3.52. The van der Waals surface area contributed by atoms with Crippen molar-refractivity contribution >= 4 is 11.4 Å². The summed E-state index contributed by atoms with van der Waals surface area (Å²) in [5.74, 6) is 1.49. The van der Waals surface area contributed by atoms with Crippen molar-refractivity contribution in [2.45, 2.75) is 103 Å². The average Bonchev–Trinajstić information content (AvgIpc) is 3.03. The average molecular weight is 575 g/mol. The lowest BCUT2D eigenvalue weighted by Gasteiger charge is -2.21. The van der Waals surface area contributed by atoms with Gasteiger partial charge in [-0.25, -0.2) is 0 Å². The molecule has 43 heavy (non-hydrogen) atoms. The lowest BCUT2D eigenvalue weighted by Crippen LogP contribution is -2.08. The van der Waals surface area contributed by atoms with Gasteiger partial charge in [-0.1, -0.05) is 139 Å². The van der Waals surface area contributed by atoms with Gasteiger partial charge >= 0.3 is 0 Å². The molecule has 0 aliphatic rings. The minimum atomic E-state index is 0.431. The maximum atomic E-state index is 5.99. The van der Waals surface area contributed by atoms with Crippen molar-refractivity contribution in [1.29, 1.82) is 0 Å². The van der Waals surface area contributed by atoms with Gasteiger partial charge in [0.15, 0.2) is 0 Å². The molecule has 0 fully saturated rings. The maximum Gasteiger partial charge on any atom is 0.0314 e. The van der Waals surface area contributed by atoms with E-state index in [9.17, 15) is 0 Å². The fraction of sp³-hybridized carbons (Fsp3) is 0.415. The third-order valence-electron chi connectivity index (χ3n) is 9.26. The van der Waals surface area contributed by atoms with Crippen molar-refractivity contribution in [1.82, 2.24) is 0 Å². The molecular formula is C41H54N2. The van der Waals surface area contributed by atoms with E-state index >= 15 is 0 Å². The molecule has 0 heterocycles. The Labute approximate surface area is 261 Å². The summed E-state index contributed by atoms with van der Waals surface area (Å²) in [6, 6.07) is 36.0. The minimum Gasteiger partial charge on any atom is -0.399 e. The summed E-state index contributed by atoms with van der Waals surface area (Å²) in [7, 11) is 0. The number of nitrogen functional groups attached to an aromatic ring is 2. The first-order valence-electron chi connectivity index (χ1n) is 16.9. The number of benzene rings is 4. The molecule has 4 rings (SSSR count). The summed E-state index contributed by atoms with van der Waals surface area (Å²) in [6.45, 7) is 6.89. The van der Waals surface area contributed by atoms with Crippen LogP contribution in [0, 0.1) is 5.92 Å². The number of anilines is 2. The number of nitrogens with two attached hydrogens (primary N) is 2. The van der Waals surface area contributed by atoms with Gasteiger partial charge in [0.1, 0.15) is 0 Å². The third-order valence-corrected chi connectivity index (χ3v) is 9.26. The molecule has 2 nitrogen and oxygen atoms in total. The van der Waals surface area contributed by atoms with Crippen LogP contribution in [0.3, 0.4) is 0 Å². The van der Waals surface area contributed by atoms with Gasteiger partial charge in [-0.15, -0.1) is 0 Å². The zero-order valence-electron chi connectivity index (χ0n) is 26.9. The summed E-state index contributed by atoms with van der Waals surface area (Å²) in [4.78, 5) is 0. The molecule has 4 aromatic carbocycles. The molecule has 0 saturated heterocycles. The van der Waals surface area contributed by atoms with Crippen molar-refractivity contribution in [2.24, 2.45) is 5.92 Å². The first-order valence-corrected chi connectivity index (χ1v) is 16.9. The minimum absolute atomic E-state index is 0.431. The van der Waals surface area contributed by atoms with Crippen molar-refractivity contribution in [3.05, 3.63) is 130 Å². The summed E-state index contributed by atoms with van der Waals surface area (Å²) in [5.41, 5.74) is 22.1. The Bertz CT molecular complexity index is 1220. The standard InChI is InChI=1S/C41H54N2/c1-4-7-9-11-40(36-21-25-38(42)26-22-36)34-17-13-32(14-18-34)29-31(6-3)30-33-15-19-35(20-16-33)41(12-10-8-5-2)37-23-27-39(43)28-24-37/h13-28,31,40-41H,4-12,29-30,42-43H2,1-3H3. The number of hydrogen-bond donors (Lipinski definition) is 2. The van der Waals surface area contributed by atoms with Crippen LogP contribution in [0.1, 0.15) is 124 Å². The molecule has 4 N–H and O–H groups in total. The fourth-order valence-electron chi connectivity index (χ4n) is 6.50. The molecule has 0 aromatic heterocycles. The van der Waals surface area contributed by atoms with Crippen LogP contribution in [0.25, 0.3) is 0 Å². The highest BCUT2D eigenvalue weighted by Crippen LogP contribution is 2.33. The van der Waals surface area contributed by atoms with Crippen LogP contribution in [0.2, 0.25) is 0 Å². The molecule has 0 saturated carbocycles. The van der Waals surface area contributed by atoms with Crippen LogP contribution in [0.4, 0.5) is 11.4 Å². The van der Waals surface area contributed by atoms with Gasteiger partial charge in [0.25, 0.3) is 0 Å². The van der Waals surface area contributed by atoms with Gasteiger partial charge in [-0.2, -0.15) is 0 Å². The molecule has 0 amide bonds. The van der Waals surface area contributed by atoms with Gasteiger partial charge in [-0.3, -0.25) is 0 Å². The van der Waals surface area contributed by atoms with Gasteiger partial charge < -0.3 is 11.5 Å². The lowest BCUT2D eigenvalue weighted by molar-refractivity contribution is 0.504. The first kappa shape index (κ1) is 32.4. The van der Waals surface area contributed by atoms with E-state index in [0.717, 1.165) is 24.2 Å². The molecule has 2 heteroatoms. The van der Waals surface area contributed by atoms with Crippen molar-refractivity contribution < 1.29 is 0 Å². The number of rotatable bonds is 17. The second-order valence-electron chi connectivity index (χ2n) is 12.6. The van der Waals surface area contributed by atoms with Crippen LogP contribution in [0.5, 0.6) is 0 Å². The van der Waals surface area contributed by atoms with Gasteiger partial charge in [0, 0.05) is 23.2 Å². The summed E-state index contributed by atoms with van der Waals surface area (Å²) in [5, 5.41) is 0. The first-order chi connectivity index (χ1) is 21.0. The molecule has 2 unspecified atom stereocenters. The SMILES string of the molecule is CCCCCC(c1ccc(N)cc1)c1ccc(CC(CC)Cc2ccc(C(CCCCC)c3ccc(N)cc3)cc2)cc1. The molecule has 0 radical (unpaired) electrons. The Morgan fingerprint density at radius 3 is 1.07 bits per heavy atom. The Morgan fingerprint density at radius 1 is 0.442 bits per heavy atom. The number of hydrogen-bond acceptors (Lipinski definition) is 2. The summed E-state index contributed by atoms with van der Waals surface area (Å²) in [6.07, 6.45) is 13.3. The fourth-order valence-corrected chi connectivity index (χ4v) is 6.50.